The molecule has 3 N–H and O–H groups in total. The number of nitrogen functional groups attached to an aromatic ring is 1. The van der Waals surface area contributed by atoms with E-state index in [1.165, 1.54) is 18.6 Å². The van der Waals surface area contributed by atoms with E-state index in [4.69, 9.17) is 5.73 Å². The molecule has 4 heteroatoms. The van der Waals surface area contributed by atoms with Crippen LogP contribution >= 0.6 is 0 Å². The summed E-state index contributed by atoms with van der Waals surface area (Å²) in [6.45, 7) is 2.14. The van der Waals surface area contributed by atoms with Gasteiger partial charge in [0.05, 0.1) is 11.3 Å². The van der Waals surface area contributed by atoms with Gasteiger partial charge in [-0.25, -0.2) is 4.39 Å². The summed E-state index contributed by atoms with van der Waals surface area (Å²) in [4.78, 5) is 12.1. The number of carbonyl (C=O) groups is 1. The fourth-order valence-electron chi connectivity index (χ4n) is 2.51. The van der Waals surface area contributed by atoms with Gasteiger partial charge in [-0.3, -0.25) is 4.79 Å². The van der Waals surface area contributed by atoms with Crippen molar-refractivity contribution in [2.45, 2.75) is 38.6 Å². The van der Waals surface area contributed by atoms with Crippen LogP contribution in [0.1, 0.15) is 43.0 Å². The van der Waals surface area contributed by atoms with Crippen LogP contribution in [0.15, 0.2) is 18.2 Å². The Morgan fingerprint density at radius 1 is 1.39 bits per heavy atom. The molecule has 2 atom stereocenters. The van der Waals surface area contributed by atoms with Crippen molar-refractivity contribution in [3.63, 3.8) is 0 Å². The zero-order chi connectivity index (χ0) is 13.1. The van der Waals surface area contributed by atoms with Crippen molar-refractivity contribution in [1.29, 1.82) is 0 Å². The minimum absolute atomic E-state index is 0.0709. The Hall–Kier alpha value is -1.58. The quantitative estimate of drug-likeness (QED) is 0.793. The second kappa shape index (κ2) is 5.38. The van der Waals surface area contributed by atoms with Crippen molar-refractivity contribution in [1.82, 2.24) is 5.32 Å². The molecule has 1 aliphatic carbocycles. The van der Waals surface area contributed by atoms with Crippen molar-refractivity contribution < 1.29 is 9.18 Å². The minimum atomic E-state index is -0.542. The Morgan fingerprint density at radius 2 is 2.11 bits per heavy atom. The minimum Gasteiger partial charge on any atom is -0.396 e. The third-order valence-electron chi connectivity index (χ3n) is 3.73. The molecule has 0 radical (unpaired) electrons. The average molecular weight is 250 g/mol. The summed E-state index contributed by atoms with van der Waals surface area (Å²) >= 11 is 0. The molecule has 1 fully saturated rings. The molecular formula is C14H19FN2O. The molecule has 1 amide bonds. The lowest BCUT2D eigenvalue weighted by molar-refractivity contribution is 0.0911. The number of benzene rings is 1. The summed E-state index contributed by atoms with van der Waals surface area (Å²) in [6.07, 6.45) is 4.47. The third-order valence-corrected chi connectivity index (χ3v) is 3.73. The van der Waals surface area contributed by atoms with E-state index in [-0.39, 0.29) is 23.2 Å². The Morgan fingerprint density at radius 3 is 2.83 bits per heavy atom. The van der Waals surface area contributed by atoms with Crippen LogP contribution in [0.25, 0.3) is 0 Å². The van der Waals surface area contributed by atoms with E-state index in [1.54, 1.807) is 6.07 Å². The molecule has 3 nitrogen and oxygen atoms in total. The Kier molecular flexibility index (Phi) is 3.84. The number of nitrogens with two attached hydrogens (primary N) is 1. The zero-order valence-electron chi connectivity index (χ0n) is 10.6. The molecule has 18 heavy (non-hydrogen) atoms. The third kappa shape index (κ3) is 2.63. The smallest absolute Gasteiger partial charge is 0.253 e. The summed E-state index contributed by atoms with van der Waals surface area (Å²) in [5.74, 6) is -0.345. The molecule has 0 spiro atoms. The molecule has 1 saturated carbocycles. The van der Waals surface area contributed by atoms with Gasteiger partial charge in [-0.2, -0.15) is 0 Å². The number of halogens is 1. The van der Waals surface area contributed by atoms with E-state index in [2.05, 4.69) is 12.2 Å². The van der Waals surface area contributed by atoms with Crippen molar-refractivity contribution in [2.24, 2.45) is 5.92 Å². The van der Waals surface area contributed by atoms with Crippen LogP contribution < -0.4 is 11.1 Å². The molecule has 1 aliphatic rings. The highest BCUT2D eigenvalue weighted by molar-refractivity contribution is 5.99. The molecule has 0 saturated heterocycles. The molecule has 2 unspecified atom stereocenters. The van der Waals surface area contributed by atoms with Crippen LogP contribution in [0.4, 0.5) is 10.1 Å². The van der Waals surface area contributed by atoms with E-state index in [9.17, 15) is 9.18 Å². The van der Waals surface area contributed by atoms with Crippen molar-refractivity contribution in [3.05, 3.63) is 29.6 Å². The van der Waals surface area contributed by atoms with Crippen molar-refractivity contribution in [3.8, 4) is 0 Å². The molecular weight excluding hydrogens is 231 g/mol. The van der Waals surface area contributed by atoms with Crippen LogP contribution in [0, 0.1) is 11.7 Å². The highest BCUT2D eigenvalue weighted by Gasteiger charge is 2.24. The van der Waals surface area contributed by atoms with E-state index >= 15 is 0 Å². The molecule has 1 aromatic rings. The summed E-state index contributed by atoms with van der Waals surface area (Å²) in [6, 6.07) is 4.50. The van der Waals surface area contributed by atoms with Gasteiger partial charge in [-0.15, -0.1) is 0 Å². The number of carbonyl (C=O) groups excluding carboxylic acids is 1. The Balaban J connectivity index is 2.09. The molecule has 0 bridgehead atoms. The summed E-state index contributed by atoms with van der Waals surface area (Å²) < 4.78 is 13.3. The Labute approximate surface area is 107 Å². The maximum Gasteiger partial charge on any atom is 0.253 e. The summed E-state index contributed by atoms with van der Waals surface area (Å²) in [5, 5.41) is 2.97. The standard InChI is InChI=1S/C14H19FN2O/c1-9-5-2-3-8-12(9)17-14(18)10-6-4-7-11(15)13(10)16/h4,6-7,9,12H,2-3,5,8,16H2,1H3,(H,17,18). The first-order chi connectivity index (χ1) is 8.59. The van der Waals surface area contributed by atoms with Gasteiger partial charge in [0, 0.05) is 6.04 Å². The van der Waals surface area contributed by atoms with E-state index in [0.717, 1.165) is 19.3 Å². The first kappa shape index (κ1) is 12.9. The first-order valence-corrected chi connectivity index (χ1v) is 6.44. The number of rotatable bonds is 2. The number of amides is 1. The SMILES string of the molecule is CC1CCCCC1NC(=O)c1cccc(F)c1N. The molecule has 0 aromatic heterocycles. The van der Waals surface area contributed by atoms with Gasteiger partial charge in [0.1, 0.15) is 5.82 Å². The maximum absolute atomic E-state index is 13.3. The van der Waals surface area contributed by atoms with Crippen LogP contribution in [-0.4, -0.2) is 11.9 Å². The second-order valence-corrected chi connectivity index (χ2v) is 5.04. The maximum atomic E-state index is 13.3. The number of para-hydroxylation sites is 1. The Bertz CT molecular complexity index is 447. The fourth-order valence-corrected chi connectivity index (χ4v) is 2.51. The summed E-state index contributed by atoms with van der Waals surface area (Å²) in [7, 11) is 0. The second-order valence-electron chi connectivity index (χ2n) is 5.04. The van der Waals surface area contributed by atoms with Crippen LogP contribution in [-0.2, 0) is 0 Å². The van der Waals surface area contributed by atoms with Gasteiger partial charge in [0.2, 0.25) is 0 Å². The largest absolute Gasteiger partial charge is 0.396 e. The summed E-state index contributed by atoms with van der Waals surface area (Å²) in [5.41, 5.74) is 5.75. The predicted octanol–water partition coefficient (Wildman–Crippen LogP) is 2.72. The lowest BCUT2D eigenvalue weighted by Gasteiger charge is -2.29. The van der Waals surface area contributed by atoms with Gasteiger partial charge in [-0.05, 0) is 30.9 Å². The molecule has 2 rings (SSSR count). The zero-order valence-corrected chi connectivity index (χ0v) is 10.6. The van der Waals surface area contributed by atoms with Gasteiger partial charge in [-0.1, -0.05) is 25.8 Å². The van der Waals surface area contributed by atoms with Crippen molar-refractivity contribution in [2.75, 3.05) is 5.73 Å². The number of hydrogen-bond donors (Lipinski definition) is 2. The molecule has 0 aliphatic heterocycles. The topological polar surface area (TPSA) is 55.1 Å². The molecule has 1 aromatic carbocycles. The van der Waals surface area contributed by atoms with Crippen LogP contribution in [0.3, 0.4) is 0 Å². The van der Waals surface area contributed by atoms with Crippen molar-refractivity contribution >= 4 is 11.6 Å². The van der Waals surface area contributed by atoms with Gasteiger partial charge >= 0.3 is 0 Å². The highest BCUT2D eigenvalue weighted by atomic mass is 19.1. The molecule has 0 heterocycles. The van der Waals surface area contributed by atoms with E-state index in [1.807, 2.05) is 0 Å². The van der Waals surface area contributed by atoms with E-state index in [0.29, 0.717) is 5.92 Å². The lowest BCUT2D eigenvalue weighted by Crippen LogP contribution is -2.41. The van der Waals surface area contributed by atoms with Crippen LogP contribution in [0.5, 0.6) is 0 Å². The highest BCUT2D eigenvalue weighted by Crippen LogP contribution is 2.24. The number of nitrogens with one attached hydrogen (secondary N) is 1. The normalized spacial score (nSPS) is 23.7. The van der Waals surface area contributed by atoms with Gasteiger partial charge in [0.15, 0.2) is 0 Å². The van der Waals surface area contributed by atoms with Gasteiger partial charge in [0.25, 0.3) is 5.91 Å². The predicted molar refractivity (Wildman–Crippen MR) is 69.7 cm³/mol. The fraction of sp³-hybridized carbons (Fsp3) is 0.500. The number of hydrogen-bond acceptors (Lipinski definition) is 2. The number of anilines is 1. The van der Waals surface area contributed by atoms with Crippen LogP contribution in [0.2, 0.25) is 0 Å². The average Bonchev–Trinajstić information content (AvgIpc) is 2.35. The monoisotopic (exact) mass is 250 g/mol. The van der Waals surface area contributed by atoms with E-state index < -0.39 is 5.82 Å². The van der Waals surface area contributed by atoms with Gasteiger partial charge < -0.3 is 11.1 Å². The molecule has 98 valence electrons. The first-order valence-electron chi connectivity index (χ1n) is 6.44. The lowest BCUT2D eigenvalue weighted by atomic mass is 9.86.